The molecule has 0 saturated heterocycles. The summed E-state index contributed by atoms with van der Waals surface area (Å²) in [4.78, 5) is 8.63. The highest BCUT2D eigenvalue weighted by atomic mass is 15.1. The van der Waals surface area contributed by atoms with Gasteiger partial charge in [-0.25, -0.2) is 9.97 Å². The van der Waals surface area contributed by atoms with E-state index >= 15 is 0 Å². The molecule has 0 aliphatic carbocycles. The van der Waals surface area contributed by atoms with E-state index in [9.17, 15) is 0 Å². The Morgan fingerprint density at radius 3 is 2.53 bits per heavy atom. The van der Waals surface area contributed by atoms with Crippen molar-refractivity contribution in [2.24, 2.45) is 0 Å². The van der Waals surface area contributed by atoms with Gasteiger partial charge in [-0.3, -0.25) is 4.57 Å². The highest BCUT2D eigenvalue weighted by Gasteiger charge is 2.01. The largest absolute Gasteiger partial charge is 0.291 e. The molecular formula is C14H11N3. The molecule has 0 radical (unpaired) electrons. The smallest absolute Gasteiger partial charge is 0.138 e. The maximum absolute atomic E-state index is 4.61. The predicted octanol–water partition coefficient (Wildman–Crippen LogP) is 2.93. The summed E-state index contributed by atoms with van der Waals surface area (Å²) in [6.07, 6.45) is 5.38. The van der Waals surface area contributed by atoms with Crippen molar-refractivity contribution in [1.82, 2.24) is 14.5 Å². The number of imidazole rings is 1. The lowest BCUT2D eigenvalue weighted by molar-refractivity contribution is 0.996. The van der Waals surface area contributed by atoms with Gasteiger partial charge in [0.05, 0.1) is 5.69 Å². The fourth-order valence-electron chi connectivity index (χ4n) is 1.73. The van der Waals surface area contributed by atoms with Gasteiger partial charge >= 0.3 is 0 Å². The molecule has 0 atom stereocenters. The molecule has 0 spiro atoms. The molecule has 82 valence electrons. The van der Waals surface area contributed by atoms with Crippen LogP contribution < -0.4 is 0 Å². The zero-order valence-electron chi connectivity index (χ0n) is 9.19. The van der Waals surface area contributed by atoms with Gasteiger partial charge in [0.25, 0.3) is 0 Å². The standard InChI is InChI=1S/C14H11N3/c1-2-5-12(6-3-1)13-7-4-8-14(16-13)17-10-9-15-11-17/h1-11H. The van der Waals surface area contributed by atoms with Gasteiger partial charge in [0.15, 0.2) is 0 Å². The van der Waals surface area contributed by atoms with E-state index in [1.807, 2.05) is 47.2 Å². The van der Waals surface area contributed by atoms with E-state index in [0.29, 0.717) is 0 Å². The summed E-state index contributed by atoms with van der Waals surface area (Å²) in [7, 11) is 0. The lowest BCUT2D eigenvalue weighted by Gasteiger charge is -2.04. The van der Waals surface area contributed by atoms with Crippen LogP contribution in [0.15, 0.2) is 67.3 Å². The topological polar surface area (TPSA) is 30.7 Å². The van der Waals surface area contributed by atoms with E-state index < -0.39 is 0 Å². The third-order valence-corrected chi connectivity index (χ3v) is 2.57. The minimum absolute atomic E-state index is 0.879. The maximum Gasteiger partial charge on any atom is 0.138 e. The number of benzene rings is 1. The van der Waals surface area contributed by atoms with Crippen molar-refractivity contribution >= 4 is 0 Å². The van der Waals surface area contributed by atoms with E-state index in [1.54, 1.807) is 12.5 Å². The normalized spacial score (nSPS) is 10.4. The molecule has 3 heteroatoms. The van der Waals surface area contributed by atoms with Crippen molar-refractivity contribution in [2.75, 3.05) is 0 Å². The lowest BCUT2D eigenvalue weighted by Crippen LogP contribution is -1.95. The Bertz CT molecular complexity index is 600. The van der Waals surface area contributed by atoms with Crippen LogP contribution in [0.25, 0.3) is 17.1 Å². The summed E-state index contributed by atoms with van der Waals surface area (Å²) in [5.41, 5.74) is 2.09. The quantitative estimate of drug-likeness (QED) is 0.666. The van der Waals surface area contributed by atoms with Crippen LogP contribution in [-0.4, -0.2) is 14.5 Å². The van der Waals surface area contributed by atoms with Crippen LogP contribution in [0.2, 0.25) is 0 Å². The van der Waals surface area contributed by atoms with Gasteiger partial charge in [-0.05, 0) is 12.1 Å². The van der Waals surface area contributed by atoms with Gasteiger partial charge in [-0.15, -0.1) is 0 Å². The lowest BCUT2D eigenvalue weighted by atomic mass is 10.1. The second-order valence-corrected chi connectivity index (χ2v) is 3.72. The van der Waals surface area contributed by atoms with Crippen molar-refractivity contribution in [3.05, 3.63) is 67.3 Å². The van der Waals surface area contributed by atoms with Crippen molar-refractivity contribution < 1.29 is 0 Å². The molecule has 0 bridgehead atoms. The fraction of sp³-hybridized carbons (Fsp3) is 0. The van der Waals surface area contributed by atoms with E-state index in [0.717, 1.165) is 17.1 Å². The summed E-state index contributed by atoms with van der Waals surface area (Å²) in [6.45, 7) is 0. The first kappa shape index (κ1) is 9.78. The molecule has 3 rings (SSSR count). The van der Waals surface area contributed by atoms with Crippen molar-refractivity contribution in [1.29, 1.82) is 0 Å². The molecule has 0 amide bonds. The Hall–Kier alpha value is -2.42. The predicted molar refractivity (Wildman–Crippen MR) is 66.8 cm³/mol. The zero-order chi connectivity index (χ0) is 11.5. The molecule has 0 aliphatic rings. The van der Waals surface area contributed by atoms with Gasteiger partial charge in [-0.1, -0.05) is 36.4 Å². The Kier molecular flexibility index (Phi) is 2.43. The number of hydrogen-bond acceptors (Lipinski definition) is 2. The summed E-state index contributed by atoms with van der Waals surface area (Å²) in [6, 6.07) is 16.1. The molecule has 3 aromatic rings. The van der Waals surface area contributed by atoms with Crippen molar-refractivity contribution in [3.63, 3.8) is 0 Å². The number of hydrogen-bond donors (Lipinski definition) is 0. The Morgan fingerprint density at radius 2 is 1.76 bits per heavy atom. The number of nitrogens with zero attached hydrogens (tertiary/aromatic N) is 3. The SMILES string of the molecule is c1ccc(-c2cccc(-n3ccnc3)n2)cc1. The highest BCUT2D eigenvalue weighted by Crippen LogP contribution is 2.17. The monoisotopic (exact) mass is 221 g/mol. The molecular weight excluding hydrogens is 210 g/mol. The average molecular weight is 221 g/mol. The van der Waals surface area contributed by atoms with E-state index in [-0.39, 0.29) is 0 Å². The molecule has 17 heavy (non-hydrogen) atoms. The van der Waals surface area contributed by atoms with Crippen LogP contribution in [0.5, 0.6) is 0 Å². The third kappa shape index (κ3) is 1.95. The molecule has 2 aromatic heterocycles. The van der Waals surface area contributed by atoms with Crippen molar-refractivity contribution in [3.8, 4) is 17.1 Å². The first-order valence-corrected chi connectivity index (χ1v) is 5.44. The van der Waals surface area contributed by atoms with E-state index in [1.165, 1.54) is 0 Å². The second-order valence-electron chi connectivity index (χ2n) is 3.72. The Labute approximate surface area is 99.4 Å². The van der Waals surface area contributed by atoms with Crippen LogP contribution in [0, 0.1) is 0 Å². The Balaban J connectivity index is 2.06. The number of rotatable bonds is 2. The first-order chi connectivity index (χ1) is 8.43. The van der Waals surface area contributed by atoms with Crippen LogP contribution in [0.3, 0.4) is 0 Å². The molecule has 0 fully saturated rings. The zero-order valence-corrected chi connectivity index (χ0v) is 9.19. The molecule has 1 aromatic carbocycles. The van der Waals surface area contributed by atoms with Gasteiger partial charge in [0.2, 0.25) is 0 Å². The summed E-state index contributed by atoms with van der Waals surface area (Å²) in [5.74, 6) is 0.879. The Morgan fingerprint density at radius 1 is 0.882 bits per heavy atom. The summed E-state index contributed by atoms with van der Waals surface area (Å²) < 4.78 is 1.90. The minimum atomic E-state index is 0.879. The van der Waals surface area contributed by atoms with Crippen LogP contribution in [-0.2, 0) is 0 Å². The van der Waals surface area contributed by atoms with E-state index in [4.69, 9.17) is 0 Å². The molecule has 0 aliphatic heterocycles. The molecule has 0 unspecified atom stereocenters. The van der Waals surface area contributed by atoms with Gasteiger partial charge < -0.3 is 0 Å². The second kappa shape index (κ2) is 4.22. The molecule has 0 N–H and O–H groups in total. The van der Waals surface area contributed by atoms with Crippen LogP contribution in [0.4, 0.5) is 0 Å². The number of aromatic nitrogens is 3. The minimum Gasteiger partial charge on any atom is -0.291 e. The first-order valence-electron chi connectivity index (χ1n) is 5.44. The van der Waals surface area contributed by atoms with Gasteiger partial charge in [-0.2, -0.15) is 0 Å². The summed E-state index contributed by atoms with van der Waals surface area (Å²) in [5, 5.41) is 0. The summed E-state index contributed by atoms with van der Waals surface area (Å²) >= 11 is 0. The maximum atomic E-state index is 4.61. The fourth-order valence-corrected chi connectivity index (χ4v) is 1.73. The molecule has 2 heterocycles. The van der Waals surface area contributed by atoms with Gasteiger partial charge in [0.1, 0.15) is 12.1 Å². The van der Waals surface area contributed by atoms with Crippen molar-refractivity contribution in [2.45, 2.75) is 0 Å². The average Bonchev–Trinajstić information content (AvgIpc) is 2.94. The van der Waals surface area contributed by atoms with Crippen LogP contribution >= 0.6 is 0 Å². The molecule has 0 saturated carbocycles. The number of pyridine rings is 1. The third-order valence-electron chi connectivity index (χ3n) is 2.57. The van der Waals surface area contributed by atoms with E-state index in [2.05, 4.69) is 22.1 Å². The van der Waals surface area contributed by atoms with Crippen LogP contribution in [0.1, 0.15) is 0 Å². The highest BCUT2D eigenvalue weighted by molar-refractivity contribution is 5.59. The molecule has 3 nitrogen and oxygen atoms in total. The van der Waals surface area contributed by atoms with Gasteiger partial charge in [0, 0.05) is 18.0 Å².